The molecule has 0 bridgehead atoms. The minimum atomic E-state index is -3.51. The average Bonchev–Trinajstić information content (AvgIpc) is 3.21. The SMILES string of the molecule is CCOC(=O)Nc1nnc(SC(C)C(=O)Nc2ccc(S(=O)(=O)N3CCCCC3)cc2)s1. The van der Waals surface area contributed by atoms with Crippen molar-refractivity contribution in [3.63, 3.8) is 0 Å². The standard InChI is InChI=1S/C19H25N5O5S3/c1-3-29-18(26)21-17-22-23-19(31-17)30-13(2)16(25)20-14-7-9-15(10-8-14)32(27,28)24-11-5-4-6-12-24/h7-10,13H,3-6,11-12H2,1-2H3,(H,20,25)(H,21,22,26). The Bertz CT molecular complexity index is 1040. The summed E-state index contributed by atoms with van der Waals surface area (Å²) in [5.41, 5.74) is 0.502. The number of carbonyl (C=O) groups excluding carboxylic acids is 2. The maximum Gasteiger partial charge on any atom is 0.413 e. The molecule has 2 amide bonds. The third-order valence-electron chi connectivity index (χ3n) is 4.61. The van der Waals surface area contributed by atoms with Gasteiger partial charge in [0.05, 0.1) is 16.8 Å². The molecule has 1 fully saturated rings. The number of sulfonamides is 1. The summed E-state index contributed by atoms with van der Waals surface area (Å²) < 4.78 is 32.3. The first-order valence-corrected chi connectivity index (χ1v) is 13.3. The molecule has 2 N–H and O–H groups in total. The van der Waals surface area contributed by atoms with Crippen LogP contribution in [0.1, 0.15) is 33.1 Å². The molecule has 1 unspecified atom stereocenters. The summed E-state index contributed by atoms with van der Waals surface area (Å²) in [5, 5.41) is 12.8. The number of rotatable bonds is 8. The number of piperidine rings is 1. The van der Waals surface area contributed by atoms with Crippen LogP contribution in [0, 0.1) is 0 Å². The second kappa shape index (κ2) is 11.1. The van der Waals surface area contributed by atoms with Crippen LogP contribution in [0.3, 0.4) is 0 Å². The molecular formula is C19H25N5O5S3. The molecule has 1 aliphatic heterocycles. The Kier molecular flexibility index (Phi) is 8.45. The third-order valence-corrected chi connectivity index (χ3v) is 8.55. The molecule has 0 aliphatic carbocycles. The number of amides is 2. The monoisotopic (exact) mass is 499 g/mol. The van der Waals surface area contributed by atoms with Gasteiger partial charge < -0.3 is 10.1 Å². The zero-order chi connectivity index (χ0) is 23.1. The number of benzene rings is 1. The fourth-order valence-electron chi connectivity index (χ4n) is 2.98. The molecule has 10 nitrogen and oxygen atoms in total. The van der Waals surface area contributed by atoms with Crippen LogP contribution < -0.4 is 10.6 Å². The summed E-state index contributed by atoms with van der Waals surface area (Å²) in [4.78, 5) is 24.2. The number of thioether (sulfide) groups is 1. The van der Waals surface area contributed by atoms with E-state index < -0.39 is 21.4 Å². The normalized spacial score (nSPS) is 15.7. The van der Waals surface area contributed by atoms with Crippen molar-refractivity contribution < 1.29 is 22.7 Å². The van der Waals surface area contributed by atoms with Crippen molar-refractivity contribution in [2.75, 3.05) is 30.3 Å². The first kappa shape index (κ1) is 24.4. The molecule has 3 rings (SSSR count). The molecule has 1 aliphatic rings. The number of ether oxygens (including phenoxy) is 1. The van der Waals surface area contributed by atoms with Gasteiger partial charge in [0, 0.05) is 18.8 Å². The van der Waals surface area contributed by atoms with E-state index in [1.54, 1.807) is 26.0 Å². The summed E-state index contributed by atoms with van der Waals surface area (Å²) in [5.74, 6) is -0.267. The van der Waals surface area contributed by atoms with Crippen LogP contribution in [0.15, 0.2) is 33.5 Å². The molecule has 0 spiro atoms. The van der Waals surface area contributed by atoms with E-state index in [1.807, 2.05) is 0 Å². The quantitative estimate of drug-likeness (QED) is 0.417. The van der Waals surface area contributed by atoms with Crippen molar-refractivity contribution in [1.29, 1.82) is 0 Å². The molecule has 0 saturated carbocycles. The van der Waals surface area contributed by atoms with Gasteiger partial charge in [0.15, 0.2) is 4.34 Å². The number of hydrogen-bond acceptors (Lipinski definition) is 9. The lowest BCUT2D eigenvalue weighted by Gasteiger charge is -2.25. The summed E-state index contributed by atoms with van der Waals surface area (Å²) in [6.45, 7) is 4.74. The number of hydrogen-bond donors (Lipinski definition) is 2. The van der Waals surface area contributed by atoms with Gasteiger partial charge >= 0.3 is 6.09 Å². The van der Waals surface area contributed by atoms with Crippen molar-refractivity contribution in [3.05, 3.63) is 24.3 Å². The molecule has 2 heterocycles. The van der Waals surface area contributed by atoms with Gasteiger partial charge in [-0.3, -0.25) is 10.1 Å². The molecule has 1 saturated heterocycles. The van der Waals surface area contributed by atoms with Crippen LogP contribution in [-0.2, 0) is 19.6 Å². The third kappa shape index (κ3) is 6.40. The minimum absolute atomic E-state index is 0.218. The molecular weight excluding hydrogens is 474 g/mol. The van der Waals surface area contributed by atoms with Crippen molar-refractivity contribution in [1.82, 2.24) is 14.5 Å². The van der Waals surface area contributed by atoms with E-state index in [0.717, 1.165) is 30.6 Å². The van der Waals surface area contributed by atoms with E-state index in [9.17, 15) is 18.0 Å². The van der Waals surface area contributed by atoms with E-state index in [1.165, 1.54) is 28.2 Å². The molecule has 174 valence electrons. The van der Waals surface area contributed by atoms with E-state index in [2.05, 4.69) is 20.8 Å². The van der Waals surface area contributed by atoms with Crippen LogP contribution in [0.4, 0.5) is 15.6 Å². The molecule has 1 aromatic heterocycles. The van der Waals surface area contributed by atoms with Crippen LogP contribution in [-0.4, -0.2) is 59.9 Å². The summed E-state index contributed by atoms with van der Waals surface area (Å²) in [6, 6.07) is 6.18. The number of nitrogens with one attached hydrogen (secondary N) is 2. The minimum Gasteiger partial charge on any atom is -0.450 e. The first-order valence-electron chi connectivity index (χ1n) is 10.1. The maximum atomic E-state index is 12.7. The van der Waals surface area contributed by atoms with Gasteiger partial charge in [-0.05, 0) is 51.0 Å². The molecule has 13 heteroatoms. The number of anilines is 2. The van der Waals surface area contributed by atoms with E-state index in [4.69, 9.17) is 4.74 Å². The Morgan fingerprint density at radius 2 is 1.84 bits per heavy atom. The van der Waals surface area contributed by atoms with Gasteiger partial charge in [-0.2, -0.15) is 4.31 Å². The Balaban J connectivity index is 1.55. The lowest BCUT2D eigenvalue weighted by Crippen LogP contribution is -2.35. The Morgan fingerprint density at radius 1 is 1.16 bits per heavy atom. The highest BCUT2D eigenvalue weighted by Crippen LogP contribution is 2.30. The van der Waals surface area contributed by atoms with Gasteiger partial charge in [-0.25, -0.2) is 13.2 Å². The summed E-state index contributed by atoms with van der Waals surface area (Å²) in [7, 11) is -3.51. The second-order valence-corrected chi connectivity index (χ2v) is 11.5. The van der Waals surface area contributed by atoms with E-state index in [0.29, 0.717) is 23.1 Å². The fourth-order valence-corrected chi connectivity index (χ4v) is 6.37. The topological polar surface area (TPSA) is 131 Å². The molecule has 2 aromatic rings. The predicted octanol–water partition coefficient (Wildman–Crippen LogP) is 3.40. The van der Waals surface area contributed by atoms with E-state index in [-0.39, 0.29) is 22.5 Å². The van der Waals surface area contributed by atoms with Crippen molar-refractivity contribution in [2.24, 2.45) is 0 Å². The van der Waals surface area contributed by atoms with Gasteiger partial charge in [-0.1, -0.05) is 29.5 Å². The molecule has 0 radical (unpaired) electrons. The van der Waals surface area contributed by atoms with Crippen LogP contribution >= 0.6 is 23.1 Å². The van der Waals surface area contributed by atoms with Gasteiger partial charge in [0.1, 0.15) is 0 Å². The predicted molar refractivity (Wildman–Crippen MR) is 124 cm³/mol. The lowest BCUT2D eigenvalue weighted by atomic mass is 10.2. The van der Waals surface area contributed by atoms with Crippen LogP contribution in [0.25, 0.3) is 0 Å². The zero-order valence-electron chi connectivity index (χ0n) is 17.7. The number of aromatic nitrogens is 2. The maximum absolute atomic E-state index is 12.7. The highest BCUT2D eigenvalue weighted by atomic mass is 32.2. The molecule has 32 heavy (non-hydrogen) atoms. The molecule has 1 aromatic carbocycles. The largest absolute Gasteiger partial charge is 0.450 e. The van der Waals surface area contributed by atoms with Gasteiger partial charge in [-0.15, -0.1) is 10.2 Å². The summed E-state index contributed by atoms with van der Waals surface area (Å²) in [6.07, 6.45) is 2.18. The van der Waals surface area contributed by atoms with Crippen LogP contribution in [0.2, 0.25) is 0 Å². The zero-order valence-corrected chi connectivity index (χ0v) is 20.2. The summed E-state index contributed by atoms with van der Waals surface area (Å²) >= 11 is 2.33. The van der Waals surface area contributed by atoms with Crippen molar-refractivity contribution in [2.45, 2.75) is 47.6 Å². The number of carbonyl (C=O) groups is 2. The van der Waals surface area contributed by atoms with Crippen molar-refractivity contribution in [3.8, 4) is 0 Å². The van der Waals surface area contributed by atoms with Crippen LogP contribution in [0.5, 0.6) is 0 Å². The second-order valence-electron chi connectivity index (χ2n) is 6.96. The van der Waals surface area contributed by atoms with Crippen molar-refractivity contribution >= 4 is 55.9 Å². The smallest absolute Gasteiger partial charge is 0.413 e. The fraction of sp³-hybridized carbons (Fsp3) is 0.474. The highest BCUT2D eigenvalue weighted by Gasteiger charge is 2.26. The number of nitrogens with zero attached hydrogens (tertiary/aromatic N) is 3. The lowest BCUT2D eigenvalue weighted by molar-refractivity contribution is -0.115. The first-order chi connectivity index (χ1) is 15.3. The highest BCUT2D eigenvalue weighted by molar-refractivity contribution is 8.02. The molecule has 1 atom stereocenters. The van der Waals surface area contributed by atoms with Gasteiger partial charge in [0.2, 0.25) is 21.1 Å². The Morgan fingerprint density at radius 3 is 2.50 bits per heavy atom. The average molecular weight is 500 g/mol. The van der Waals surface area contributed by atoms with Gasteiger partial charge in [0.25, 0.3) is 0 Å². The Labute approximate surface area is 195 Å². The van der Waals surface area contributed by atoms with E-state index >= 15 is 0 Å². The Hall–Kier alpha value is -2.22.